The summed E-state index contributed by atoms with van der Waals surface area (Å²) < 4.78 is 0. The van der Waals surface area contributed by atoms with E-state index in [1.54, 1.807) is 23.7 Å². The fraction of sp³-hybridized carbons (Fsp3) is 0. The van der Waals surface area contributed by atoms with E-state index in [4.69, 9.17) is 0 Å². The predicted molar refractivity (Wildman–Crippen MR) is 92.3 cm³/mol. The van der Waals surface area contributed by atoms with Gasteiger partial charge in [0.2, 0.25) is 0 Å². The molecule has 0 spiro atoms. The number of aliphatic imine (C=N–C) groups is 1. The zero-order chi connectivity index (χ0) is 17.1. The fourth-order valence-electron chi connectivity index (χ4n) is 2.03. The van der Waals surface area contributed by atoms with Crippen molar-refractivity contribution in [2.24, 2.45) is 4.99 Å². The molecule has 6 nitrogen and oxygen atoms in total. The Morgan fingerprint density at radius 2 is 2.04 bits per heavy atom. The lowest BCUT2D eigenvalue weighted by molar-refractivity contribution is -0.383. The minimum absolute atomic E-state index is 0.0609. The van der Waals surface area contributed by atoms with Crippen molar-refractivity contribution in [3.8, 4) is 9.75 Å². The number of aromatic carboxylic acids is 1. The molecule has 3 aromatic rings. The van der Waals surface area contributed by atoms with Crippen molar-refractivity contribution in [3.05, 3.63) is 68.4 Å². The van der Waals surface area contributed by atoms with E-state index in [1.165, 1.54) is 40.9 Å². The molecule has 0 saturated carbocycles. The minimum atomic E-state index is -1.25. The summed E-state index contributed by atoms with van der Waals surface area (Å²) in [5.41, 5.74) is 0.645. The SMILES string of the molecule is O=C([O-])c1cccc(N=Cc2ccc(-c3sccc3[N+](=O)[O-])s2)c1. The molecule has 0 radical (unpaired) electrons. The summed E-state index contributed by atoms with van der Waals surface area (Å²) in [4.78, 5) is 27.9. The molecule has 120 valence electrons. The highest BCUT2D eigenvalue weighted by Crippen LogP contribution is 2.38. The van der Waals surface area contributed by atoms with Crippen LogP contribution in [0.1, 0.15) is 15.2 Å². The van der Waals surface area contributed by atoms with Crippen molar-refractivity contribution < 1.29 is 14.8 Å². The average Bonchev–Trinajstić information content (AvgIpc) is 3.22. The molecule has 8 heteroatoms. The number of carboxylic acid groups (broad SMARTS) is 1. The number of hydrogen-bond donors (Lipinski definition) is 0. The van der Waals surface area contributed by atoms with Gasteiger partial charge in [0, 0.05) is 17.2 Å². The number of carboxylic acids is 1. The molecule has 2 heterocycles. The quantitative estimate of drug-likeness (QED) is 0.397. The zero-order valence-electron chi connectivity index (χ0n) is 12.0. The second kappa shape index (κ2) is 6.73. The van der Waals surface area contributed by atoms with Gasteiger partial charge in [-0.25, -0.2) is 0 Å². The first-order chi connectivity index (χ1) is 11.5. The van der Waals surface area contributed by atoms with E-state index < -0.39 is 10.9 Å². The molecule has 0 aliphatic heterocycles. The van der Waals surface area contributed by atoms with Gasteiger partial charge >= 0.3 is 0 Å². The maximum atomic E-state index is 11.0. The number of carbonyl (C=O) groups is 1. The first-order valence-corrected chi connectivity index (χ1v) is 8.42. The Morgan fingerprint density at radius 1 is 1.21 bits per heavy atom. The van der Waals surface area contributed by atoms with Crippen LogP contribution in [0.2, 0.25) is 0 Å². The van der Waals surface area contributed by atoms with Gasteiger partial charge in [0.15, 0.2) is 0 Å². The van der Waals surface area contributed by atoms with Crippen molar-refractivity contribution in [3.63, 3.8) is 0 Å². The van der Waals surface area contributed by atoms with Crippen molar-refractivity contribution in [2.75, 3.05) is 0 Å². The van der Waals surface area contributed by atoms with E-state index in [1.807, 2.05) is 12.1 Å². The van der Waals surface area contributed by atoms with Gasteiger partial charge in [0.05, 0.1) is 21.5 Å². The highest BCUT2D eigenvalue weighted by Gasteiger charge is 2.17. The molecule has 0 aliphatic rings. The molecule has 0 N–H and O–H groups in total. The number of nitrogens with zero attached hydrogens (tertiary/aromatic N) is 2. The molecule has 0 amide bonds. The summed E-state index contributed by atoms with van der Waals surface area (Å²) in [6.45, 7) is 0. The van der Waals surface area contributed by atoms with Crippen LogP contribution in [0, 0.1) is 10.1 Å². The van der Waals surface area contributed by atoms with Gasteiger partial charge in [0.1, 0.15) is 4.88 Å². The number of rotatable bonds is 5. The summed E-state index contributed by atoms with van der Waals surface area (Å²) in [5.74, 6) is -1.25. The third kappa shape index (κ3) is 3.39. The first-order valence-electron chi connectivity index (χ1n) is 6.72. The summed E-state index contributed by atoms with van der Waals surface area (Å²) in [6.07, 6.45) is 1.60. The van der Waals surface area contributed by atoms with Crippen LogP contribution in [0.3, 0.4) is 0 Å². The minimum Gasteiger partial charge on any atom is -0.545 e. The lowest BCUT2D eigenvalue weighted by Gasteiger charge is -2.01. The van der Waals surface area contributed by atoms with Crippen molar-refractivity contribution in [1.82, 2.24) is 0 Å². The molecule has 0 bridgehead atoms. The number of carbonyl (C=O) groups excluding carboxylic acids is 1. The predicted octanol–water partition coefficient (Wildman–Crippen LogP) is 3.50. The van der Waals surface area contributed by atoms with E-state index in [9.17, 15) is 20.0 Å². The van der Waals surface area contributed by atoms with E-state index in [-0.39, 0.29) is 11.3 Å². The molecule has 1 aromatic carbocycles. The highest BCUT2D eigenvalue weighted by molar-refractivity contribution is 7.22. The highest BCUT2D eigenvalue weighted by atomic mass is 32.1. The van der Waals surface area contributed by atoms with Gasteiger partial charge in [-0.05, 0) is 35.2 Å². The largest absolute Gasteiger partial charge is 0.545 e. The van der Waals surface area contributed by atoms with Crippen LogP contribution < -0.4 is 5.11 Å². The summed E-state index contributed by atoms with van der Waals surface area (Å²) in [6, 6.07) is 11.2. The Balaban J connectivity index is 1.84. The molecule has 24 heavy (non-hydrogen) atoms. The third-order valence-corrected chi connectivity index (χ3v) is 5.22. The summed E-state index contributed by atoms with van der Waals surface area (Å²) in [5, 5.41) is 23.5. The number of benzene rings is 1. The van der Waals surface area contributed by atoms with Crippen LogP contribution in [-0.4, -0.2) is 17.1 Å². The second-order valence-corrected chi connectivity index (χ2v) is 6.72. The van der Waals surface area contributed by atoms with Crippen LogP contribution in [0.5, 0.6) is 0 Å². The maximum Gasteiger partial charge on any atom is 0.288 e. The molecule has 0 aliphatic carbocycles. The Hall–Kier alpha value is -2.84. The van der Waals surface area contributed by atoms with Crippen LogP contribution in [-0.2, 0) is 0 Å². The Bertz CT molecular complexity index is 943. The third-order valence-electron chi connectivity index (χ3n) is 3.11. The maximum absolute atomic E-state index is 11.0. The number of hydrogen-bond acceptors (Lipinski definition) is 7. The average molecular weight is 357 g/mol. The molecular formula is C16H9N2O4S2-. The van der Waals surface area contributed by atoms with Crippen LogP contribution in [0.25, 0.3) is 9.75 Å². The van der Waals surface area contributed by atoms with Crippen LogP contribution >= 0.6 is 22.7 Å². The molecule has 0 atom stereocenters. The zero-order valence-corrected chi connectivity index (χ0v) is 13.7. The van der Waals surface area contributed by atoms with Gasteiger partial charge in [-0.15, -0.1) is 22.7 Å². The lowest BCUT2D eigenvalue weighted by Crippen LogP contribution is -2.21. The smallest absolute Gasteiger partial charge is 0.288 e. The van der Waals surface area contributed by atoms with Crippen molar-refractivity contribution in [1.29, 1.82) is 0 Å². The molecular weight excluding hydrogens is 348 g/mol. The van der Waals surface area contributed by atoms with E-state index in [2.05, 4.69) is 4.99 Å². The van der Waals surface area contributed by atoms with Gasteiger partial charge in [-0.2, -0.15) is 0 Å². The van der Waals surface area contributed by atoms with Crippen LogP contribution in [0.4, 0.5) is 11.4 Å². The Morgan fingerprint density at radius 3 is 2.79 bits per heavy atom. The van der Waals surface area contributed by atoms with Crippen molar-refractivity contribution >= 4 is 46.2 Å². The Kier molecular flexibility index (Phi) is 4.50. The molecule has 0 fully saturated rings. The standard InChI is InChI=1S/C16H10N2O4S2/c19-16(20)10-2-1-3-11(8-10)17-9-12-4-5-14(24-12)15-13(18(21)22)6-7-23-15/h1-9H,(H,19,20)/p-1. The number of thiophene rings is 2. The summed E-state index contributed by atoms with van der Waals surface area (Å²) >= 11 is 2.70. The van der Waals surface area contributed by atoms with E-state index in [0.29, 0.717) is 10.6 Å². The van der Waals surface area contributed by atoms with Crippen molar-refractivity contribution in [2.45, 2.75) is 0 Å². The van der Waals surface area contributed by atoms with Gasteiger partial charge in [0.25, 0.3) is 5.69 Å². The van der Waals surface area contributed by atoms with Gasteiger partial charge < -0.3 is 9.90 Å². The second-order valence-electron chi connectivity index (χ2n) is 4.69. The fourth-order valence-corrected chi connectivity index (χ4v) is 3.90. The first kappa shape index (κ1) is 16.0. The molecule has 0 saturated heterocycles. The monoisotopic (exact) mass is 357 g/mol. The van der Waals surface area contributed by atoms with Gasteiger partial charge in [-0.1, -0.05) is 12.1 Å². The molecule has 0 unspecified atom stereocenters. The van der Waals surface area contributed by atoms with E-state index >= 15 is 0 Å². The molecule has 3 rings (SSSR count). The topological polar surface area (TPSA) is 95.6 Å². The summed E-state index contributed by atoms with van der Waals surface area (Å²) in [7, 11) is 0. The van der Waals surface area contributed by atoms with E-state index in [0.717, 1.165) is 9.75 Å². The Labute approximate surface area is 144 Å². The van der Waals surface area contributed by atoms with Gasteiger partial charge in [-0.3, -0.25) is 15.1 Å². The lowest BCUT2D eigenvalue weighted by atomic mass is 10.2. The molecule has 2 aromatic heterocycles. The number of nitro groups is 1. The normalized spacial score (nSPS) is 11.0. The van der Waals surface area contributed by atoms with Crippen LogP contribution in [0.15, 0.2) is 52.8 Å².